The zero-order valence-electron chi connectivity index (χ0n) is 47.6. The van der Waals surface area contributed by atoms with Crippen LogP contribution in [0.5, 0.6) is 11.9 Å². The van der Waals surface area contributed by atoms with Crippen LogP contribution in [0.3, 0.4) is 0 Å². The molecular formula is C63H63F3N12O6S2. The van der Waals surface area contributed by atoms with E-state index in [4.69, 9.17) is 35.4 Å². The van der Waals surface area contributed by atoms with Gasteiger partial charge in [-0.15, -0.1) is 29.1 Å². The van der Waals surface area contributed by atoms with Gasteiger partial charge in [0.15, 0.2) is 5.76 Å². The van der Waals surface area contributed by atoms with Crippen molar-refractivity contribution in [1.29, 1.82) is 0 Å². The van der Waals surface area contributed by atoms with E-state index in [1.54, 1.807) is 35.9 Å². The molecule has 18 nitrogen and oxygen atoms in total. The Morgan fingerprint density at radius 3 is 2.51 bits per heavy atom. The van der Waals surface area contributed by atoms with Gasteiger partial charge in [-0.3, -0.25) is 19.7 Å². The molecule has 3 unspecified atom stereocenters. The van der Waals surface area contributed by atoms with Gasteiger partial charge in [-0.1, -0.05) is 50.1 Å². The molecule has 0 spiro atoms. The minimum Gasteiger partial charge on any atom is -0.475 e. The van der Waals surface area contributed by atoms with Crippen molar-refractivity contribution in [3.05, 3.63) is 101 Å². The molecule has 3 aromatic carbocycles. The van der Waals surface area contributed by atoms with Crippen LogP contribution in [0.4, 0.5) is 19.0 Å². The zero-order valence-corrected chi connectivity index (χ0v) is 49.3. The van der Waals surface area contributed by atoms with Crippen LogP contribution in [0.1, 0.15) is 80.9 Å². The normalized spacial score (nSPS) is 22.6. The summed E-state index contributed by atoms with van der Waals surface area (Å²) in [5, 5.41) is 32.6. The maximum Gasteiger partial charge on any atom is 0.319 e. The van der Waals surface area contributed by atoms with Crippen molar-refractivity contribution in [1.82, 2.24) is 55.7 Å². The number of aromatic amines is 1. The van der Waals surface area contributed by atoms with E-state index >= 15 is 13.2 Å². The van der Waals surface area contributed by atoms with Crippen molar-refractivity contribution in [2.75, 3.05) is 57.4 Å². The van der Waals surface area contributed by atoms with Gasteiger partial charge in [-0.05, 0) is 97.4 Å². The van der Waals surface area contributed by atoms with Gasteiger partial charge in [0, 0.05) is 91.6 Å². The average molecular weight is 1210 g/mol. The molecule has 1 saturated carbocycles. The lowest BCUT2D eigenvalue weighted by Gasteiger charge is -2.34. The minimum absolute atomic E-state index is 0.00737. The fourth-order valence-corrected chi connectivity index (χ4v) is 15.5. The first-order chi connectivity index (χ1) is 41.6. The van der Waals surface area contributed by atoms with Gasteiger partial charge < -0.3 is 44.4 Å². The second kappa shape index (κ2) is 22.2. The monoisotopic (exact) mass is 1200 g/mol. The second-order valence-electron chi connectivity index (χ2n) is 24.3. The van der Waals surface area contributed by atoms with Gasteiger partial charge in [-0.2, -0.15) is 15.1 Å². The molecule has 10 heterocycles. The number of β-amino-alcohol motifs (C(OH)–C–C–N with tert-alkyl or cyclic N) is 1. The number of hydrogen-bond donors (Lipinski definition) is 4. The molecule has 0 radical (unpaired) electrons. The van der Waals surface area contributed by atoms with Crippen molar-refractivity contribution >= 4 is 82.3 Å². The van der Waals surface area contributed by atoms with Gasteiger partial charge in [0.2, 0.25) is 11.8 Å². The number of nitrogens with zero attached hydrogens (tertiary/aromatic N) is 9. The summed E-state index contributed by atoms with van der Waals surface area (Å²) in [5.41, 5.74) is 5.36. The number of fused-ring (bicyclic) bond motifs is 7. The molecule has 4 aliphatic heterocycles. The van der Waals surface area contributed by atoms with E-state index in [0.29, 0.717) is 78.7 Å². The number of piperidine rings is 1. The lowest BCUT2D eigenvalue weighted by atomic mass is 9.91. The number of hydrogen-bond acceptors (Lipinski definition) is 17. The summed E-state index contributed by atoms with van der Waals surface area (Å²) >= 11 is 2.97. The Morgan fingerprint density at radius 2 is 1.78 bits per heavy atom. The van der Waals surface area contributed by atoms with Crippen molar-refractivity contribution in [3.8, 4) is 45.9 Å². The summed E-state index contributed by atoms with van der Waals surface area (Å²) in [6.45, 7) is 8.72. The summed E-state index contributed by atoms with van der Waals surface area (Å²) in [7, 11) is 0. The molecule has 5 fully saturated rings. The average Bonchev–Trinajstić information content (AvgIpc) is 1.57. The number of anilines is 1. The maximum atomic E-state index is 15.8. The van der Waals surface area contributed by atoms with Gasteiger partial charge >= 0.3 is 6.01 Å². The number of H-pyrrole nitrogens is 1. The number of aryl methyl sites for hydroxylation is 1. The largest absolute Gasteiger partial charge is 0.475 e. The lowest BCUT2D eigenvalue weighted by Crippen LogP contribution is -2.51. The number of aromatic nitrogens is 7. The maximum absolute atomic E-state index is 15.8. The number of benzene rings is 3. The van der Waals surface area contributed by atoms with Crippen molar-refractivity contribution in [3.63, 3.8) is 0 Å². The summed E-state index contributed by atoms with van der Waals surface area (Å²) in [6.07, 6.45) is 11.8. The smallest absolute Gasteiger partial charge is 0.319 e. The van der Waals surface area contributed by atoms with E-state index in [-0.39, 0.29) is 92.3 Å². The Hall–Kier alpha value is -7.75. The van der Waals surface area contributed by atoms with Crippen LogP contribution < -0.4 is 25.0 Å². The number of pyridine rings is 1. The number of thiazole rings is 1. The number of aliphatic hydroxyl groups excluding tert-OH is 1. The SMILES string of the molecule is C#Cc1c(F)ccc2cc3[nH]ncc3c(-c3nccc4c3sc3nc(OC[C@]5(CN6CCC(COc7cc(C(C(=O)N8C[C@H](O)C[C@H]8C(=O)NCc8ccc(-c9scnc9C)cc8)C(C)C)on7)CC6)CC5(F)F)nc(N5CC6CCC(C5)N6)c34)c12. The number of rotatable bonds is 17. The van der Waals surface area contributed by atoms with Gasteiger partial charge in [0.1, 0.15) is 35.0 Å². The highest BCUT2D eigenvalue weighted by Crippen LogP contribution is 2.61. The van der Waals surface area contributed by atoms with Crippen LogP contribution in [0, 0.1) is 42.3 Å². The first-order valence-corrected chi connectivity index (χ1v) is 31.0. The Morgan fingerprint density at radius 1 is 0.988 bits per heavy atom. The Labute approximate surface area is 500 Å². The number of alkyl halides is 2. The molecule has 4 N–H and O–H groups in total. The molecule has 2 amide bonds. The first-order valence-electron chi connectivity index (χ1n) is 29.3. The fraction of sp³-hybridized carbons (Fsp3) is 0.429. The Bertz CT molecular complexity index is 4120. The van der Waals surface area contributed by atoms with Crippen LogP contribution in [0.15, 0.2) is 77.0 Å². The minimum atomic E-state index is -2.96. The van der Waals surface area contributed by atoms with E-state index in [2.05, 4.69) is 46.7 Å². The van der Waals surface area contributed by atoms with Crippen LogP contribution >= 0.6 is 22.7 Å². The number of carbonyl (C=O) groups excluding carboxylic acids is 2. The first kappa shape index (κ1) is 56.1. The van der Waals surface area contributed by atoms with E-state index in [1.165, 1.54) is 22.3 Å². The van der Waals surface area contributed by atoms with E-state index < -0.39 is 35.2 Å². The molecule has 2 bridgehead atoms. The zero-order chi connectivity index (χ0) is 59.2. The highest BCUT2D eigenvalue weighted by molar-refractivity contribution is 7.26. The van der Waals surface area contributed by atoms with Crippen molar-refractivity contribution < 1.29 is 41.9 Å². The molecule has 1 aliphatic carbocycles. The number of nitrogens with one attached hydrogen (secondary N) is 3. The molecular weight excluding hydrogens is 1140 g/mol. The molecule has 4 saturated heterocycles. The van der Waals surface area contributed by atoms with Gasteiger partial charge in [0.05, 0.1) is 67.3 Å². The quantitative estimate of drug-likeness (QED) is 0.0625. The number of likely N-dealkylation sites (tertiary alicyclic amines) is 2. The van der Waals surface area contributed by atoms with Crippen molar-refractivity contribution in [2.45, 2.75) is 102 Å². The number of aliphatic hydroxyl groups is 1. The third kappa shape index (κ3) is 10.2. The lowest BCUT2D eigenvalue weighted by molar-refractivity contribution is -0.141. The predicted octanol–water partition coefficient (Wildman–Crippen LogP) is 9.63. The van der Waals surface area contributed by atoms with Crippen LogP contribution in [-0.2, 0) is 16.1 Å². The summed E-state index contributed by atoms with van der Waals surface area (Å²) in [5.74, 6) is -1.34. The summed E-state index contributed by atoms with van der Waals surface area (Å²) in [4.78, 5) is 54.7. The highest BCUT2D eigenvalue weighted by atomic mass is 32.1. The molecule has 444 valence electrons. The molecule has 14 rings (SSSR count). The number of terminal acetylenes is 1. The number of halogens is 3. The molecule has 23 heteroatoms. The van der Waals surface area contributed by atoms with Crippen molar-refractivity contribution in [2.24, 2.45) is 17.3 Å². The van der Waals surface area contributed by atoms with Crippen LogP contribution in [0.2, 0.25) is 0 Å². The van der Waals surface area contributed by atoms with E-state index in [1.807, 2.05) is 62.7 Å². The molecule has 6 atom stereocenters. The molecule has 9 aromatic rings. The third-order valence-electron chi connectivity index (χ3n) is 18.2. The van der Waals surface area contributed by atoms with Gasteiger partial charge in [-0.25, -0.2) is 18.2 Å². The fourth-order valence-electron chi connectivity index (χ4n) is 13.5. The summed E-state index contributed by atoms with van der Waals surface area (Å²) in [6, 6.07) is 16.1. The van der Waals surface area contributed by atoms with E-state index in [0.717, 1.165) is 66.3 Å². The molecule has 86 heavy (non-hydrogen) atoms. The van der Waals surface area contributed by atoms with Crippen LogP contribution in [-0.4, -0.2) is 145 Å². The third-order valence-corrected chi connectivity index (χ3v) is 20.3. The molecule has 5 aliphatic rings. The topological polar surface area (TPSA) is 213 Å². The number of piperazine rings is 1. The number of carbonyl (C=O) groups is 2. The number of amides is 2. The van der Waals surface area contributed by atoms with Gasteiger partial charge in [0.25, 0.3) is 11.8 Å². The standard InChI is InChI=1S/C63H63F3N12O6S2/c1-5-42-45(64)13-10-38-20-46-44(24-70-74-46)52(51(38)42)54-56-43(14-17-67-54)53-57(77-25-39-11-12-40(26-77)71-39)72-61(73-59(53)86-56)83-31-62(29-63(62,65)66)30-76-18-15-36(16-19-76)28-82-49-22-48(84-75-49)50(33(2)3)60(81)78-27-41(79)21-47(78)58(80)68-23-35-6-8-37(9-7-35)55-34(4)69-32-85-55/h1,6-10,13-14,17,20,22,24,32-33,36,39-41,47,50,71,79H,11-12,15-16,18-19,21,23,25-31H2,2-4H3,(H,68,80)(H,70,74)/t39?,40?,41-,47+,50?,62-/m1/s1. The number of thiophene rings is 1. The van der Waals surface area contributed by atoms with E-state index in [9.17, 15) is 14.7 Å². The highest BCUT2D eigenvalue weighted by Gasteiger charge is 2.72. The second-order valence-corrected chi connectivity index (χ2v) is 26.1. The molecule has 6 aromatic heterocycles. The predicted molar refractivity (Wildman–Crippen MR) is 322 cm³/mol. The summed E-state index contributed by atoms with van der Waals surface area (Å²) < 4.78 is 66.2. The Kier molecular flexibility index (Phi) is 14.5. The number of ether oxygens (including phenoxy) is 2. The Balaban J connectivity index is 0.633. The van der Waals surface area contributed by atoms with Crippen LogP contribution in [0.25, 0.3) is 63.7 Å².